The summed E-state index contributed by atoms with van der Waals surface area (Å²) in [7, 11) is -2.49. The van der Waals surface area contributed by atoms with Gasteiger partial charge in [-0.3, -0.25) is 4.79 Å². The van der Waals surface area contributed by atoms with Crippen LogP contribution in [0.3, 0.4) is 0 Å². The van der Waals surface area contributed by atoms with Crippen molar-refractivity contribution in [3.05, 3.63) is 71.6 Å². The molecule has 3 aromatic rings. The van der Waals surface area contributed by atoms with Crippen LogP contribution in [-0.4, -0.2) is 34.0 Å². The van der Waals surface area contributed by atoms with Crippen LogP contribution in [0.15, 0.2) is 70.3 Å². The molecule has 0 aliphatic carbocycles. The van der Waals surface area contributed by atoms with E-state index in [1.807, 2.05) is 24.3 Å². The number of carbonyl (C=O) groups is 1. The number of carbonyl (C=O) groups excluding carboxylic acids is 1. The van der Waals surface area contributed by atoms with Crippen molar-refractivity contribution in [2.75, 3.05) is 22.9 Å². The van der Waals surface area contributed by atoms with Crippen molar-refractivity contribution < 1.29 is 17.9 Å². The molecule has 0 spiro atoms. The molecule has 0 fully saturated rings. The van der Waals surface area contributed by atoms with Crippen molar-refractivity contribution in [1.82, 2.24) is 0 Å². The van der Waals surface area contributed by atoms with Crippen molar-refractivity contribution >= 4 is 38.6 Å². The van der Waals surface area contributed by atoms with Crippen molar-refractivity contribution in [2.45, 2.75) is 23.6 Å². The molecule has 1 aliphatic heterocycles. The summed E-state index contributed by atoms with van der Waals surface area (Å²) in [4.78, 5) is 15.2. The Kier molecular flexibility index (Phi) is 5.53. The number of nitrogens with zero attached hydrogens (tertiary/aromatic N) is 2. The molecule has 0 saturated heterocycles. The molecule has 1 aromatic heterocycles. The fourth-order valence-corrected chi connectivity index (χ4v) is 6.46. The van der Waals surface area contributed by atoms with Gasteiger partial charge in [-0.25, -0.2) is 12.7 Å². The molecule has 1 atom stereocenters. The lowest BCUT2D eigenvalue weighted by atomic mass is 10.2. The van der Waals surface area contributed by atoms with Gasteiger partial charge in [0, 0.05) is 12.2 Å². The van der Waals surface area contributed by atoms with Gasteiger partial charge in [-0.15, -0.1) is 11.3 Å². The summed E-state index contributed by atoms with van der Waals surface area (Å²) in [5.41, 5.74) is 2.26. The van der Waals surface area contributed by atoms with E-state index in [4.69, 9.17) is 4.74 Å². The van der Waals surface area contributed by atoms with Crippen LogP contribution in [0.1, 0.15) is 12.5 Å². The lowest BCUT2D eigenvalue weighted by molar-refractivity contribution is -0.119. The number of ether oxygens (including phenoxy) is 1. The van der Waals surface area contributed by atoms with Gasteiger partial charge < -0.3 is 9.64 Å². The summed E-state index contributed by atoms with van der Waals surface area (Å²) in [6.07, 6.45) is 0.751. The summed E-state index contributed by atoms with van der Waals surface area (Å²) in [6, 6.07) is 16.8. The third-order valence-corrected chi connectivity index (χ3v) is 8.45. The third-order valence-electron chi connectivity index (χ3n) is 5.19. The molecule has 4 rings (SSSR count). The molecule has 8 heteroatoms. The molecule has 6 nitrogen and oxygen atoms in total. The highest BCUT2D eigenvalue weighted by Gasteiger charge is 2.39. The first-order chi connectivity index (χ1) is 14.4. The molecule has 1 amide bonds. The number of amides is 1. The summed E-state index contributed by atoms with van der Waals surface area (Å²) in [6.45, 7) is 2.15. The number of sulfonamides is 1. The Morgan fingerprint density at radius 2 is 1.83 bits per heavy atom. The van der Waals surface area contributed by atoms with Crippen LogP contribution < -0.4 is 13.9 Å². The number of methoxy groups -OCH3 is 1. The van der Waals surface area contributed by atoms with Crippen LogP contribution in [0.25, 0.3) is 0 Å². The zero-order chi connectivity index (χ0) is 21.3. The Morgan fingerprint density at radius 1 is 1.10 bits per heavy atom. The highest BCUT2D eigenvalue weighted by Crippen LogP contribution is 2.36. The maximum absolute atomic E-state index is 13.6. The second kappa shape index (κ2) is 8.12. The van der Waals surface area contributed by atoms with E-state index in [1.165, 1.54) is 11.4 Å². The van der Waals surface area contributed by atoms with Gasteiger partial charge in [-0.1, -0.05) is 36.4 Å². The van der Waals surface area contributed by atoms with Crippen molar-refractivity contribution in [1.29, 1.82) is 0 Å². The largest absolute Gasteiger partial charge is 0.495 e. The molecule has 156 valence electrons. The van der Waals surface area contributed by atoms with E-state index in [0.29, 0.717) is 18.0 Å². The normalized spacial score (nSPS) is 14.3. The van der Waals surface area contributed by atoms with E-state index in [0.717, 1.165) is 29.0 Å². The van der Waals surface area contributed by atoms with Crippen LogP contribution in [0.2, 0.25) is 0 Å². The first-order valence-corrected chi connectivity index (χ1v) is 11.9. The van der Waals surface area contributed by atoms with Gasteiger partial charge >= 0.3 is 0 Å². The number of hydrogen-bond acceptors (Lipinski definition) is 5. The number of fused-ring (bicyclic) bond motifs is 1. The molecule has 0 unspecified atom stereocenters. The number of para-hydroxylation sites is 3. The molecule has 1 aliphatic rings. The quantitative estimate of drug-likeness (QED) is 0.580. The Balaban J connectivity index is 1.79. The standard InChI is InChI=1S/C22H22N2O4S2/c1-16(22(25)23-14-13-17-8-3-4-9-18(17)23)24(19-10-5-6-11-20(19)28-2)30(26,27)21-12-7-15-29-21/h3-12,15-16H,13-14H2,1-2H3/t16-/m0/s1. The zero-order valence-corrected chi connectivity index (χ0v) is 18.3. The Labute approximate surface area is 180 Å². The van der Waals surface area contributed by atoms with Gasteiger partial charge in [0.15, 0.2) is 0 Å². The summed E-state index contributed by atoms with van der Waals surface area (Å²) >= 11 is 1.12. The second-order valence-electron chi connectivity index (χ2n) is 6.95. The Hall–Kier alpha value is -2.84. The minimum atomic E-state index is -3.97. The van der Waals surface area contributed by atoms with Gasteiger partial charge in [0.25, 0.3) is 15.9 Å². The number of thiophene rings is 1. The lowest BCUT2D eigenvalue weighted by Crippen LogP contribution is -2.49. The number of anilines is 2. The van der Waals surface area contributed by atoms with E-state index < -0.39 is 16.1 Å². The maximum atomic E-state index is 13.6. The highest BCUT2D eigenvalue weighted by atomic mass is 32.2. The van der Waals surface area contributed by atoms with Crippen LogP contribution in [0.4, 0.5) is 11.4 Å². The molecule has 0 N–H and O–H groups in total. The monoisotopic (exact) mass is 442 g/mol. The predicted molar refractivity (Wildman–Crippen MR) is 119 cm³/mol. The molecular formula is C22H22N2O4S2. The Bertz CT molecular complexity index is 1160. The molecular weight excluding hydrogens is 420 g/mol. The van der Waals surface area contributed by atoms with Gasteiger partial charge in [-0.2, -0.15) is 0 Å². The molecule has 2 aromatic carbocycles. The van der Waals surface area contributed by atoms with E-state index >= 15 is 0 Å². The lowest BCUT2D eigenvalue weighted by Gasteiger charge is -2.32. The molecule has 2 heterocycles. The second-order valence-corrected chi connectivity index (χ2v) is 9.94. The van der Waals surface area contributed by atoms with E-state index in [1.54, 1.807) is 53.6 Å². The van der Waals surface area contributed by atoms with E-state index in [2.05, 4.69) is 0 Å². The fraction of sp³-hybridized carbons (Fsp3) is 0.227. The molecule has 0 saturated carbocycles. The minimum Gasteiger partial charge on any atom is -0.495 e. The Morgan fingerprint density at radius 3 is 2.57 bits per heavy atom. The maximum Gasteiger partial charge on any atom is 0.274 e. The van der Waals surface area contributed by atoms with Crippen LogP contribution >= 0.6 is 11.3 Å². The van der Waals surface area contributed by atoms with Crippen LogP contribution in [0.5, 0.6) is 5.75 Å². The number of hydrogen-bond donors (Lipinski definition) is 0. The summed E-state index contributed by atoms with van der Waals surface area (Å²) in [5.74, 6) is 0.116. The summed E-state index contributed by atoms with van der Waals surface area (Å²) in [5, 5.41) is 1.70. The summed E-state index contributed by atoms with van der Waals surface area (Å²) < 4.78 is 33.9. The highest BCUT2D eigenvalue weighted by molar-refractivity contribution is 7.94. The van der Waals surface area contributed by atoms with E-state index in [-0.39, 0.29) is 10.1 Å². The van der Waals surface area contributed by atoms with Crippen molar-refractivity contribution in [3.63, 3.8) is 0 Å². The van der Waals surface area contributed by atoms with Gasteiger partial charge in [0.1, 0.15) is 16.0 Å². The third kappa shape index (κ3) is 3.46. The first-order valence-electron chi connectivity index (χ1n) is 9.55. The van der Waals surface area contributed by atoms with Crippen LogP contribution in [-0.2, 0) is 21.2 Å². The topological polar surface area (TPSA) is 66.9 Å². The minimum absolute atomic E-state index is 0.176. The zero-order valence-electron chi connectivity index (χ0n) is 16.7. The average molecular weight is 443 g/mol. The SMILES string of the molecule is COc1ccccc1N([C@@H](C)C(=O)N1CCc2ccccc21)S(=O)(=O)c1cccs1. The predicted octanol–water partition coefficient (Wildman–Crippen LogP) is 3.93. The van der Waals surface area contributed by atoms with Crippen molar-refractivity contribution in [3.8, 4) is 5.75 Å². The van der Waals surface area contributed by atoms with E-state index in [9.17, 15) is 13.2 Å². The average Bonchev–Trinajstić information content (AvgIpc) is 3.44. The fourth-order valence-electron chi connectivity index (χ4n) is 3.76. The van der Waals surface area contributed by atoms with Crippen LogP contribution in [0, 0.1) is 0 Å². The molecule has 0 bridgehead atoms. The molecule has 30 heavy (non-hydrogen) atoms. The number of rotatable bonds is 6. The smallest absolute Gasteiger partial charge is 0.274 e. The van der Waals surface area contributed by atoms with Gasteiger partial charge in [0.2, 0.25) is 0 Å². The number of benzene rings is 2. The van der Waals surface area contributed by atoms with Gasteiger partial charge in [0.05, 0.1) is 12.8 Å². The molecule has 0 radical (unpaired) electrons. The van der Waals surface area contributed by atoms with Crippen molar-refractivity contribution in [2.24, 2.45) is 0 Å². The first kappa shape index (κ1) is 20.4. The van der Waals surface area contributed by atoms with Gasteiger partial charge in [-0.05, 0) is 48.6 Å².